The van der Waals surface area contributed by atoms with Gasteiger partial charge in [-0.05, 0) is 26.3 Å². The van der Waals surface area contributed by atoms with Crippen molar-refractivity contribution in [2.24, 2.45) is 7.05 Å². The number of methoxy groups -OCH3 is 1. The lowest BCUT2D eigenvalue weighted by atomic mass is 10.1. The van der Waals surface area contributed by atoms with Crippen molar-refractivity contribution >= 4 is 10.0 Å². The number of ether oxygens (including phenoxy) is 1. The topological polar surface area (TPSA) is 82.2 Å². The first-order valence-electron chi connectivity index (χ1n) is 7.88. The smallest absolute Gasteiger partial charge is 0.247 e. The Labute approximate surface area is 142 Å². The zero-order valence-corrected chi connectivity index (χ0v) is 15.2. The Balaban J connectivity index is 1.97. The van der Waals surface area contributed by atoms with Gasteiger partial charge in [0.25, 0.3) is 0 Å². The highest BCUT2D eigenvalue weighted by atomic mass is 32.2. The second kappa shape index (κ2) is 6.30. The van der Waals surface area contributed by atoms with Crippen molar-refractivity contribution in [1.29, 1.82) is 0 Å². The maximum absolute atomic E-state index is 13.2. The lowest BCUT2D eigenvalue weighted by Gasteiger charge is -2.33. The molecule has 3 heterocycles. The van der Waals surface area contributed by atoms with E-state index in [1.807, 2.05) is 10.7 Å². The number of rotatable bonds is 5. The van der Waals surface area contributed by atoms with Crippen molar-refractivity contribution in [2.75, 3.05) is 20.3 Å². The van der Waals surface area contributed by atoms with Crippen molar-refractivity contribution < 1.29 is 13.2 Å². The average molecular weight is 353 g/mol. The second-order valence-electron chi connectivity index (χ2n) is 6.12. The molecule has 9 heteroatoms. The van der Waals surface area contributed by atoms with Gasteiger partial charge < -0.3 is 4.74 Å². The molecule has 1 unspecified atom stereocenters. The van der Waals surface area contributed by atoms with Crippen LogP contribution >= 0.6 is 0 Å². The molecular weight excluding hydrogens is 330 g/mol. The van der Waals surface area contributed by atoms with E-state index in [2.05, 4.69) is 10.2 Å². The van der Waals surface area contributed by atoms with Crippen LogP contribution in [0.1, 0.15) is 29.5 Å². The summed E-state index contributed by atoms with van der Waals surface area (Å²) in [6.45, 7) is 4.77. The SMILES string of the molecule is COCCC1CN(S(=O)(=O)c2c(C)nn(C)c2C)Cc2ccnn21. The number of fused-ring (bicyclic) bond motifs is 1. The van der Waals surface area contributed by atoms with E-state index in [0.717, 1.165) is 5.69 Å². The third kappa shape index (κ3) is 2.76. The van der Waals surface area contributed by atoms with E-state index >= 15 is 0 Å². The van der Waals surface area contributed by atoms with Gasteiger partial charge in [-0.3, -0.25) is 9.36 Å². The molecule has 0 spiro atoms. The van der Waals surface area contributed by atoms with Crippen LogP contribution in [0.4, 0.5) is 0 Å². The maximum Gasteiger partial charge on any atom is 0.247 e. The third-order valence-electron chi connectivity index (χ3n) is 4.55. The Morgan fingerprint density at radius 1 is 1.38 bits per heavy atom. The Morgan fingerprint density at radius 3 is 2.75 bits per heavy atom. The van der Waals surface area contributed by atoms with Crippen LogP contribution in [-0.2, 0) is 28.4 Å². The Bertz CT molecular complexity index is 839. The van der Waals surface area contributed by atoms with E-state index in [1.165, 1.54) is 4.31 Å². The minimum absolute atomic E-state index is 0.0317. The summed E-state index contributed by atoms with van der Waals surface area (Å²) in [7, 11) is -0.213. The van der Waals surface area contributed by atoms with Gasteiger partial charge in [-0.2, -0.15) is 14.5 Å². The summed E-state index contributed by atoms with van der Waals surface area (Å²) in [5, 5.41) is 8.59. The molecular formula is C15H23N5O3S. The Hall–Kier alpha value is -1.71. The van der Waals surface area contributed by atoms with Gasteiger partial charge in [0.1, 0.15) is 4.90 Å². The molecule has 1 atom stereocenters. The summed E-state index contributed by atoms with van der Waals surface area (Å²) in [5.74, 6) is 0. The predicted octanol–water partition coefficient (Wildman–Crippen LogP) is 1.02. The molecule has 0 saturated carbocycles. The fraction of sp³-hybridized carbons (Fsp3) is 0.600. The van der Waals surface area contributed by atoms with Gasteiger partial charge in [0, 0.05) is 33.5 Å². The van der Waals surface area contributed by atoms with E-state index in [9.17, 15) is 8.42 Å². The fourth-order valence-electron chi connectivity index (χ4n) is 3.26. The molecule has 0 aliphatic carbocycles. The zero-order valence-electron chi connectivity index (χ0n) is 14.4. The summed E-state index contributed by atoms with van der Waals surface area (Å²) in [4.78, 5) is 0.309. The van der Waals surface area contributed by atoms with Gasteiger partial charge in [0.05, 0.1) is 29.7 Å². The molecule has 0 saturated heterocycles. The molecule has 0 bridgehead atoms. The lowest BCUT2D eigenvalue weighted by Crippen LogP contribution is -2.41. The number of hydrogen-bond donors (Lipinski definition) is 0. The zero-order chi connectivity index (χ0) is 17.5. The molecule has 132 valence electrons. The molecule has 1 aliphatic rings. The summed E-state index contributed by atoms with van der Waals surface area (Å²) < 4.78 is 36.6. The molecule has 24 heavy (non-hydrogen) atoms. The molecule has 2 aromatic rings. The molecule has 1 aliphatic heterocycles. The van der Waals surface area contributed by atoms with Crippen LogP contribution in [0, 0.1) is 13.8 Å². The number of aromatic nitrogens is 4. The largest absolute Gasteiger partial charge is 0.385 e. The van der Waals surface area contributed by atoms with Crippen LogP contribution in [0.25, 0.3) is 0 Å². The monoisotopic (exact) mass is 353 g/mol. The van der Waals surface area contributed by atoms with Crippen molar-refractivity contribution in [3.05, 3.63) is 29.3 Å². The van der Waals surface area contributed by atoms with E-state index < -0.39 is 10.0 Å². The predicted molar refractivity (Wildman–Crippen MR) is 88.0 cm³/mol. The highest BCUT2D eigenvalue weighted by Crippen LogP contribution is 2.30. The van der Waals surface area contributed by atoms with Crippen LogP contribution in [-0.4, -0.2) is 52.5 Å². The number of nitrogens with zero attached hydrogens (tertiary/aromatic N) is 5. The van der Waals surface area contributed by atoms with Gasteiger partial charge in [0.2, 0.25) is 10.0 Å². The van der Waals surface area contributed by atoms with E-state index in [0.29, 0.717) is 42.4 Å². The molecule has 0 N–H and O–H groups in total. The van der Waals surface area contributed by atoms with E-state index in [1.54, 1.807) is 38.9 Å². The Morgan fingerprint density at radius 2 is 2.12 bits per heavy atom. The van der Waals surface area contributed by atoms with Crippen molar-refractivity contribution in [2.45, 2.75) is 37.8 Å². The molecule has 0 fully saturated rings. The van der Waals surface area contributed by atoms with Crippen LogP contribution in [0.15, 0.2) is 17.2 Å². The molecule has 3 rings (SSSR count). The summed E-state index contributed by atoms with van der Waals surface area (Å²) in [6.07, 6.45) is 2.42. The van der Waals surface area contributed by atoms with Gasteiger partial charge in [0.15, 0.2) is 0 Å². The van der Waals surface area contributed by atoms with Gasteiger partial charge in [-0.15, -0.1) is 0 Å². The number of hydrogen-bond acceptors (Lipinski definition) is 5. The normalized spacial score (nSPS) is 18.8. The highest BCUT2D eigenvalue weighted by molar-refractivity contribution is 7.89. The van der Waals surface area contributed by atoms with Crippen LogP contribution in [0.2, 0.25) is 0 Å². The summed E-state index contributed by atoms with van der Waals surface area (Å²) >= 11 is 0. The first-order chi connectivity index (χ1) is 11.4. The first kappa shape index (κ1) is 17.1. The fourth-order valence-corrected chi connectivity index (χ4v) is 5.11. The van der Waals surface area contributed by atoms with Crippen molar-refractivity contribution in [3.63, 3.8) is 0 Å². The minimum atomic E-state index is -3.61. The summed E-state index contributed by atoms with van der Waals surface area (Å²) in [5.41, 5.74) is 2.08. The first-order valence-corrected chi connectivity index (χ1v) is 9.32. The lowest BCUT2D eigenvalue weighted by molar-refractivity contribution is 0.157. The molecule has 0 radical (unpaired) electrons. The highest BCUT2D eigenvalue weighted by Gasteiger charge is 2.36. The van der Waals surface area contributed by atoms with Crippen LogP contribution in [0.3, 0.4) is 0 Å². The molecule has 2 aromatic heterocycles. The second-order valence-corrected chi connectivity index (χ2v) is 8.00. The van der Waals surface area contributed by atoms with E-state index in [4.69, 9.17) is 4.74 Å². The van der Waals surface area contributed by atoms with Gasteiger partial charge in [-0.1, -0.05) is 0 Å². The maximum atomic E-state index is 13.2. The van der Waals surface area contributed by atoms with Crippen molar-refractivity contribution in [3.8, 4) is 0 Å². The van der Waals surface area contributed by atoms with E-state index in [-0.39, 0.29) is 6.04 Å². The Kier molecular flexibility index (Phi) is 4.50. The van der Waals surface area contributed by atoms with Crippen molar-refractivity contribution in [1.82, 2.24) is 23.9 Å². The summed E-state index contributed by atoms with van der Waals surface area (Å²) in [6, 6.07) is 1.83. The number of sulfonamides is 1. The molecule has 0 aromatic carbocycles. The van der Waals surface area contributed by atoms with Gasteiger partial charge in [-0.25, -0.2) is 8.42 Å². The standard InChI is InChI=1S/C15H23N5O3S/c1-11-15(12(2)18(3)17-11)24(21,22)19-9-13-5-7-16-20(13)14(10-19)6-8-23-4/h5,7,14H,6,8-10H2,1-4H3. The molecule has 0 amide bonds. The van der Waals surface area contributed by atoms with Gasteiger partial charge >= 0.3 is 0 Å². The van der Waals surface area contributed by atoms with Crippen LogP contribution < -0.4 is 0 Å². The quantitative estimate of drug-likeness (QED) is 0.801. The average Bonchev–Trinajstić information content (AvgIpc) is 3.09. The minimum Gasteiger partial charge on any atom is -0.385 e. The molecule has 8 nitrogen and oxygen atoms in total. The third-order valence-corrected chi connectivity index (χ3v) is 6.61. The van der Waals surface area contributed by atoms with Crippen LogP contribution in [0.5, 0.6) is 0 Å². The number of aryl methyl sites for hydroxylation is 2.